The average molecular weight is 502 g/mol. The second-order valence-electron chi connectivity index (χ2n) is 11.3. The van der Waals surface area contributed by atoms with Crippen LogP contribution in [-0.2, 0) is 19.1 Å². The largest absolute Gasteiger partial charge is 0.394 e. The van der Waals surface area contributed by atoms with Gasteiger partial charge in [-0.2, -0.15) is 0 Å². The number of rotatable bonds is 10. The fraction of sp³-hybridized carbons (Fsp3) is 0.750. The van der Waals surface area contributed by atoms with E-state index in [1.165, 1.54) is 6.42 Å². The Bertz CT molecular complexity index is 898. The number of carbonyl (C=O) groups excluding carboxylic acids is 3. The molecule has 4 rings (SSSR count). The third-order valence-electron chi connectivity index (χ3n) is 9.19. The van der Waals surface area contributed by atoms with Crippen LogP contribution in [0.15, 0.2) is 25.3 Å². The van der Waals surface area contributed by atoms with Gasteiger partial charge in [0.25, 0.3) is 0 Å². The van der Waals surface area contributed by atoms with Crippen LogP contribution in [0.5, 0.6) is 0 Å². The Kier molecular flexibility index (Phi) is 7.68. The molecule has 1 saturated carbocycles. The van der Waals surface area contributed by atoms with Crippen LogP contribution in [0.2, 0.25) is 0 Å². The quantitative estimate of drug-likeness (QED) is 0.465. The van der Waals surface area contributed by atoms with Gasteiger partial charge in [-0.15, -0.1) is 13.2 Å². The molecular formula is C28H43N3O5. The number of aliphatic hydroxyl groups is 1. The lowest BCUT2D eigenvalue weighted by Crippen LogP contribution is -2.60. The molecule has 8 nitrogen and oxygen atoms in total. The molecule has 200 valence electrons. The summed E-state index contributed by atoms with van der Waals surface area (Å²) in [5.41, 5.74) is -1.89. The van der Waals surface area contributed by atoms with E-state index in [1.807, 2.05) is 18.7 Å². The molecule has 3 amide bonds. The third-order valence-corrected chi connectivity index (χ3v) is 9.19. The molecular weight excluding hydrogens is 458 g/mol. The lowest BCUT2D eigenvalue weighted by molar-refractivity contribution is -0.157. The van der Waals surface area contributed by atoms with E-state index >= 15 is 0 Å². The summed E-state index contributed by atoms with van der Waals surface area (Å²) >= 11 is 0. The van der Waals surface area contributed by atoms with Crippen molar-refractivity contribution in [1.29, 1.82) is 0 Å². The number of carbonyl (C=O) groups is 3. The summed E-state index contributed by atoms with van der Waals surface area (Å²) in [6, 6.07) is -1.28. The summed E-state index contributed by atoms with van der Waals surface area (Å²) in [5, 5.41) is 10.2. The summed E-state index contributed by atoms with van der Waals surface area (Å²) in [5.74, 6) is -1.96. The molecule has 0 aromatic carbocycles. The van der Waals surface area contributed by atoms with Gasteiger partial charge in [0.05, 0.1) is 30.1 Å². The number of hydrogen-bond donors (Lipinski definition) is 1. The van der Waals surface area contributed by atoms with Gasteiger partial charge in [0.15, 0.2) is 0 Å². The molecule has 2 bridgehead atoms. The number of amides is 3. The normalized spacial score (nSPS) is 34.4. The van der Waals surface area contributed by atoms with E-state index in [2.05, 4.69) is 13.2 Å². The Morgan fingerprint density at radius 1 is 1.17 bits per heavy atom. The van der Waals surface area contributed by atoms with Crippen molar-refractivity contribution in [2.75, 3.05) is 26.7 Å². The predicted octanol–water partition coefficient (Wildman–Crippen LogP) is 2.51. The minimum absolute atomic E-state index is 0.0937. The molecule has 1 spiro atoms. The summed E-state index contributed by atoms with van der Waals surface area (Å²) in [6.45, 7) is 12.0. The van der Waals surface area contributed by atoms with Crippen LogP contribution in [0.1, 0.15) is 65.2 Å². The summed E-state index contributed by atoms with van der Waals surface area (Å²) in [6.07, 6.45) is 10.2. The van der Waals surface area contributed by atoms with Crippen LogP contribution < -0.4 is 0 Å². The molecule has 4 aliphatic rings. The van der Waals surface area contributed by atoms with Gasteiger partial charge in [0.1, 0.15) is 11.6 Å². The van der Waals surface area contributed by atoms with Gasteiger partial charge >= 0.3 is 0 Å². The molecule has 2 unspecified atom stereocenters. The standard InChI is InChI=1S/C28H43N3O5/c1-6-16-29(5)24(33)21-22-25(34)31(19(8-3)18-32)23(28(22)15-14-27(21,4)36-28)26(35)30(17-7-2)20-12-10-9-11-13-20/h6-7,19-23,32H,1-2,8-18H2,3-5H3/t19-,21+,22-,23?,27-,28?/m0/s1. The maximum Gasteiger partial charge on any atom is 0.248 e. The first kappa shape index (κ1) is 26.9. The van der Waals surface area contributed by atoms with Crippen LogP contribution in [0.4, 0.5) is 0 Å². The van der Waals surface area contributed by atoms with Gasteiger partial charge < -0.3 is 24.5 Å². The molecule has 3 aliphatic heterocycles. The van der Waals surface area contributed by atoms with Gasteiger partial charge in [0.2, 0.25) is 17.7 Å². The summed E-state index contributed by atoms with van der Waals surface area (Å²) < 4.78 is 6.73. The highest BCUT2D eigenvalue weighted by Crippen LogP contribution is 2.64. The number of fused-ring (bicyclic) bond motifs is 1. The SMILES string of the molecule is C=CCN(C)C(=O)[C@H]1[C@H]2C(=O)N([C@@H](CC)CO)C(C(=O)N(CC=C)C3CCCCC3)C23CC[C@]1(C)O3. The van der Waals surface area contributed by atoms with Crippen molar-refractivity contribution in [2.24, 2.45) is 11.8 Å². The van der Waals surface area contributed by atoms with Crippen LogP contribution in [0, 0.1) is 11.8 Å². The van der Waals surface area contributed by atoms with Crippen LogP contribution >= 0.6 is 0 Å². The smallest absolute Gasteiger partial charge is 0.248 e. The highest BCUT2D eigenvalue weighted by Gasteiger charge is 2.78. The minimum Gasteiger partial charge on any atom is -0.394 e. The zero-order valence-corrected chi connectivity index (χ0v) is 22.2. The Morgan fingerprint density at radius 2 is 1.83 bits per heavy atom. The van der Waals surface area contributed by atoms with Crippen LogP contribution in [0.25, 0.3) is 0 Å². The van der Waals surface area contributed by atoms with Crippen molar-refractivity contribution in [3.8, 4) is 0 Å². The maximum absolute atomic E-state index is 14.5. The van der Waals surface area contributed by atoms with E-state index in [0.717, 1.165) is 25.7 Å². The molecule has 0 aromatic heterocycles. The first-order valence-corrected chi connectivity index (χ1v) is 13.6. The second kappa shape index (κ2) is 10.3. The lowest BCUT2D eigenvalue weighted by atomic mass is 9.66. The molecule has 36 heavy (non-hydrogen) atoms. The number of ether oxygens (including phenoxy) is 1. The van der Waals surface area contributed by atoms with E-state index in [4.69, 9.17) is 4.74 Å². The number of aliphatic hydroxyl groups excluding tert-OH is 1. The Balaban J connectivity index is 1.79. The van der Waals surface area contributed by atoms with Crippen molar-refractivity contribution in [3.05, 3.63) is 25.3 Å². The molecule has 4 fully saturated rings. The summed E-state index contributed by atoms with van der Waals surface area (Å²) in [7, 11) is 1.71. The fourth-order valence-corrected chi connectivity index (χ4v) is 7.46. The fourth-order valence-electron chi connectivity index (χ4n) is 7.46. The van der Waals surface area contributed by atoms with E-state index < -0.39 is 35.1 Å². The summed E-state index contributed by atoms with van der Waals surface area (Å²) in [4.78, 5) is 47.4. The molecule has 1 aliphatic carbocycles. The van der Waals surface area contributed by atoms with Gasteiger partial charge in [-0.3, -0.25) is 14.4 Å². The van der Waals surface area contributed by atoms with E-state index in [-0.39, 0.29) is 30.4 Å². The molecule has 1 N–H and O–H groups in total. The Labute approximate surface area is 215 Å². The molecule has 0 aromatic rings. The van der Waals surface area contributed by atoms with Crippen molar-refractivity contribution in [1.82, 2.24) is 14.7 Å². The van der Waals surface area contributed by atoms with Gasteiger partial charge in [-0.1, -0.05) is 38.3 Å². The van der Waals surface area contributed by atoms with Gasteiger partial charge in [0, 0.05) is 26.2 Å². The highest BCUT2D eigenvalue weighted by atomic mass is 16.5. The van der Waals surface area contributed by atoms with E-state index in [9.17, 15) is 19.5 Å². The topological polar surface area (TPSA) is 90.4 Å². The van der Waals surface area contributed by atoms with Crippen LogP contribution in [-0.4, -0.2) is 93.6 Å². The first-order valence-electron chi connectivity index (χ1n) is 13.6. The minimum atomic E-state index is -1.07. The Hall–Kier alpha value is -2.19. The van der Waals surface area contributed by atoms with Crippen molar-refractivity contribution < 1.29 is 24.2 Å². The van der Waals surface area contributed by atoms with Crippen molar-refractivity contribution >= 4 is 17.7 Å². The lowest BCUT2D eigenvalue weighted by Gasteiger charge is -2.42. The van der Waals surface area contributed by atoms with Crippen molar-refractivity contribution in [3.63, 3.8) is 0 Å². The van der Waals surface area contributed by atoms with Gasteiger partial charge in [-0.25, -0.2) is 0 Å². The zero-order chi connectivity index (χ0) is 26.3. The van der Waals surface area contributed by atoms with E-state index in [1.54, 1.807) is 29.0 Å². The number of likely N-dealkylation sites (tertiary alicyclic amines) is 1. The number of hydrogen-bond acceptors (Lipinski definition) is 5. The number of likely N-dealkylation sites (N-methyl/N-ethyl adjacent to an activating group) is 1. The third kappa shape index (κ3) is 4.01. The average Bonchev–Trinajstić information content (AvgIpc) is 3.44. The molecule has 3 saturated heterocycles. The maximum atomic E-state index is 14.5. The molecule has 6 atom stereocenters. The first-order chi connectivity index (χ1) is 17.2. The Morgan fingerprint density at radius 3 is 2.42 bits per heavy atom. The highest BCUT2D eigenvalue weighted by molar-refractivity contribution is 5.99. The zero-order valence-electron chi connectivity index (χ0n) is 22.2. The second-order valence-corrected chi connectivity index (χ2v) is 11.3. The molecule has 3 heterocycles. The predicted molar refractivity (Wildman–Crippen MR) is 137 cm³/mol. The van der Waals surface area contributed by atoms with Crippen molar-refractivity contribution in [2.45, 2.75) is 94.5 Å². The molecule has 0 radical (unpaired) electrons. The monoisotopic (exact) mass is 501 g/mol. The van der Waals surface area contributed by atoms with E-state index in [0.29, 0.717) is 32.4 Å². The number of nitrogens with zero attached hydrogens (tertiary/aromatic N) is 3. The van der Waals surface area contributed by atoms with Gasteiger partial charge in [-0.05, 0) is 39.0 Å². The molecule has 8 heteroatoms. The van der Waals surface area contributed by atoms with Crippen LogP contribution in [0.3, 0.4) is 0 Å².